The predicted molar refractivity (Wildman–Crippen MR) is 53.8 cm³/mol. The van der Waals surface area contributed by atoms with Crippen LogP contribution in [0.4, 0.5) is 0 Å². The molecule has 0 aliphatic rings. The molecular formula is C9H9N3OS. The lowest BCUT2D eigenvalue weighted by atomic mass is 10.3. The van der Waals surface area contributed by atoms with Gasteiger partial charge in [-0.2, -0.15) is 0 Å². The molecule has 14 heavy (non-hydrogen) atoms. The van der Waals surface area contributed by atoms with Crippen LogP contribution in [0.1, 0.15) is 18.7 Å². The van der Waals surface area contributed by atoms with Crippen molar-refractivity contribution < 1.29 is 5.11 Å². The molecule has 4 nitrogen and oxygen atoms in total. The molecule has 5 heteroatoms. The Balaban J connectivity index is 2.34. The second-order valence-corrected chi connectivity index (χ2v) is 3.70. The van der Waals surface area contributed by atoms with Crippen molar-refractivity contribution in [1.29, 1.82) is 0 Å². The molecule has 1 unspecified atom stereocenters. The van der Waals surface area contributed by atoms with Crippen LogP contribution in [0.5, 0.6) is 0 Å². The lowest BCUT2D eigenvalue weighted by Crippen LogP contribution is -1.91. The van der Waals surface area contributed by atoms with Gasteiger partial charge in [0.2, 0.25) is 0 Å². The minimum atomic E-state index is -0.531. The zero-order valence-corrected chi connectivity index (χ0v) is 8.40. The largest absolute Gasteiger partial charge is 0.387 e. The van der Waals surface area contributed by atoms with Gasteiger partial charge in [-0.1, -0.05) is 0 Å². The molecule has 0 spiro atoms. The summed E-state index contributed by atoms with van der Waals surface area (Å²) in [4.78, 5) is 12.3. The topological polar surface area (TPSA) is 58.9 Å². The van der Waals surface area contributed by atoms with Crippen molar-refractivity contribution >= 4 is 11.3 Å². The highest BCUT2D eigenvalue weighted by molar-refractivity contribution is 7.13. The lowest BCUT2D eigenvalue weighted by Gasteiger charge is -1.96. The highest BCUT2D eigenvalue weighted by Crippen LogP contribution is 2.23. The second-order valence-electron chi connectivity index (χ2n) is 2.84. The summed E-state index contributed by atoms with van der Waals surface area (Å²) < 4.78 is 0. The quantitative estimate of drug-likeness (QED) is 0.813. The molecule has 0 aliphatic heterocycles. The van der Waals surface area contributed by atoms with Gasteiger partial charge >= 0.3 is 0 Å². The molecule has 1 N–H and O–H groups in total. The average molecular weight is 207 g/mol. The average Bonchev–Trinajstić information content (AvgIpc) is 2.68. The fourth-order valence-electron chi connectivity index (χ4n) is 1.01. The van der Waals surface area contributed by atoms with E-state index in [1.807, 2.05) is 5.38 Å². The molecule has 1 atom stereocenters. The van der Waals surface area contributed by atoms with Crippen LogP contribution < -0.4 is 0 Å². The summed E-state index contributed by atoms with van der Waals surface area (Å²) in [5.74, 6) is 0. The molecule has 72 valence electrons. The molecule has 0 amide bonds. The minimum Gasteiger partial charge on any atom is -0.387 e. The number of thiazole rings is 1. The van der Waals surface area contributed by atoms with Gasteiger partial charge < -0.3 is 5.11 Å². The van der Waals surface area contributed by atoms with E-state index in [0.717, 1.165) is 10.7 Å². The lowest BCUT2D eigenvalue weighted by molar-refractivity contribution is 0.195. The fourth-order valence-corrected chi connectivity index (χ4v) is 1.87. The van der Waals surface area contributed by atoms with E-state index < -0.39 is 6.10 Å². The SMILES string of the molecule is CC(O)c1csc(-c2cnccn2)n1. The molecule has 2 aromatic heterocycles. The molecule has 0 saturated carbocycles. The normalized spacial score (nSPS) is 12.7. The number of hydrogen-bond acceptors (Lipinski definition) is 5. The Morgan fingerprint density at radius 2 is 2.29 bits per heavy atom. The fraction of sp³-hybridized carbons (Fsp3) is 0.222. The summed E-state index contributed by atoms with van der Waals surface area (Å²) in [5, 5.41) is 11.9. The molecule has 0 fully saturated rings. The summed E-state index contributed by atoms with van der Waals surface area (Å²) in [6.45, 7) is 1.69. The Labute approximate surface area is 85.3 Å². The van der Waals surface area contributed by atoms with Gasteiger partial charge in [-0.05, 0) is 6.92 Å². The molecule has 0 aromatic carbocycles. The maximum absolute atomic E-state index is 9.29. The van der Waals surface area contributed by atoms with Crippen LogP contribution >= 0.6 is 11.3 Å². The molecular weight excluding hydrogens is 198 g/mol. The van der Waals surface area contributed by atoms with Gasteiger partial charge in [0.05, 0.1) is 18.0 Å². The number of aromatic nitrogens is 3. The summed E-state index contributed by atoms with van der Waals surface area (Å²) in [5.41, 5.74) is 1.42. The van der Waals surface area contributed by atoms with Crippen LogP contribution in [0.3, 0.4) is 0 Å². The van der Waals surface area contributed by atoms with Crippen molar-refractivity contribution in [3.05, 3.63) is 29.7 Å². The molecule has 0 bridgehead atoms. The van der Waals surface area contributed by atoms with E-state index in [9.17, 15) is 5.11 Å². The predicted octanol–water partition coefficient (Wildman–Crippen LogP) is 1.65. The molecule has 0 saturated heterocycles. The third-order valence-electron chi connectivity index (χ3n) is 1.73. The molecule has 2 aromatic rings. The number of aliphatic hydroxyl groups excluding tert-OH is 1. The van der Waals surface area contributed by atoms with Gasteiger partial charge in [-0.25, -0.2) is 4.98 Å². The van der Waals surface area contributed by atoms with E-state index in [4.69, 9.17) is 0 Å². The van der Waals surface area contributed by atoms with Crippen molar-refractivity contribution in [3.8, 4) is 10.7 Å². The molecule has 2 heterocycles. The number of hydrogen-bond donors (Lipinski definition) is 1. The van der Waals surface area contributed by atoms with Gasteiger partial charge in [0.25, 0.3) is 0 Å². The minimum absolute atomic E-state index is 0.531. The summed E-state index contributed by atoms with van der Waals surface area (Å²) >= 11 is 1.46. The highest BCUT2D eigenvalue weighted by Gasteiger charge is 2.08. The Bertz CT molecular complexity index is 413. The van der Waals surface area contributed by atoms with E-state index in [0.29, 0.717) is 5.69 Å². The van der Waals surface area contributed by atoms with Crippen molar-refractivity contribution in [3.63, 3.8) is 0 Å². The van der Waals surface area contributed by atoms with Gasteiger partial charge in [-0.15, -0.1) is 11.3 Å². The number of rotatable bonds is 2. The van der Waals surface area contributed by atoms with Crippen LogP contribution in [0.15, 0.2) is 24.0 Å². The third-order valence-corrected chi connectivity index (χ3v) is 2.62. The maximum atomic E-state index is 9.29. The number of aliphatic hydroxyl groups is 1. The second kappa shape index (κ2) is 3.81. The monoisotopic (exact) mass is 207 g/mol. The highest BCUT2D eigenvalue weighted by atomic mass is 32.1. The van der Waals surface area contributed by atoms with Gasteiger partial charge in [0.15, 0.2) is 0 Å². The van der Waals surface area contributed by atoms with Crippen LogP contribution in [-0.4, -0.2) is 20.1 Å². The molecule has 0 aliphatic carbocycles. The van der Waals surface area contributed by atoms with Crippen molar-refractivity contribution in [2.75, 3.05) is 0 Å². The van der Waals surface area contributed by atoms with Crippen LogP contribution in [0, 0.1) is 0 Å². The first-order valence-electron chi connectivity index (χ1n) is 4.17. The molecule has 2 rings (SSSR count). The molecule has 0 radical (unpaired) electrons. The Kier molecular flexibility index (Phi) is 2.51. The third kappa shape index (κ3) is 1.78. The van der Waals surface area contributed by atoms with Crippen molar-refractivity contribution in [2.24, 2.45) is 0 Å². The smallest absolute Gasteiger partial charge is 0.143 e. The van der Waals surface area contributed by atoms with Crippen molar-refractivity contribution in [1.82, 2.24) is 15.0 Å². The van der Waals surface area contributed by atoms with E-state index in [1.165, 1.54) is 11.3 Å². The summed E-state index contributed by atoms with van der Waals surface area (Å²) in [6.07, 6.45) is 4.37. The Morgan fingerprint density at radius 3 is 2.86 bits per heavy atom. The van der Waals surface area contributed by atoms with Crippen molar-refractivity contribution in [2.45, 2.75) is 13.0 Å². The first-order chi connectivity index (χ1) is 6.77. The van der Waals surface area contributed by atoms with E-state index in [2.05, 4.69) is 15.0 Å². The van der Waals surface area contributed by atoms with Gasteiger partial charge in [0.1, 0.15) is 10.7 Å². The standard InChI is InChI=1S/C9H9N3OS/c1-6(13)8-5-14-9(12-8)7-4-10-2-3-11-7/h2-6,13H,1H3. The van der Waals surface area contributed by atoms with E-state index in [-0.39, 0.29) is 0 Å². The first kappa shape index (κ1) is 9.23. The summed E-state index contributed by atoms with van der Waals surface area (Å²) in [6, 6.07) is 0. The number of nitrogens with zero attached hydrogens (tertiary/aromatic N) is 3. The van der Waals surface area contributed by atoms with Gasteiger partial charge in [0, 0.05) is 17.8 Å². The zero-order chi connectivity index (χ0) is 9.97. The Morgan fingerprint density at radius 1 is 1.43 bits per heavy atom. The van der Waals surface area contributed by atoms with E-state index in [1.54, 1.807) is 25.5 Å². The van der Waals surface area contributed by atoms with Crippen LogP contribution in [0.25, 0.3) is 10.7 Å². The first-order valence-corrected chi connectivity index (χ1v) is 5.05. The Hall–Kier alpha value is -1.33. The van der Waals surface area contributed by atoms with Gasteiger partial charge in [-0.3, -0.25) is 9.97 Å². The van der Waals surface area contributed by atoms with Crippen LogP contribution in [-0.2, 0) is 0 Å². The van der Waals surface area contributed by atoms with E-state index >= 15 is 0 Å². The maximum Gasteiger partial charge on any atom is 0.143 e. The zero-order valence-electron chi connectivity index (χ0n) is 7.58. The van der Waals surface area contributed by atoms with Crippen LogP contribution in [0.2, 0.25) is 0 Å². The summed E-state index contributed by atoms with van der Waals surface area (Å²) in [7, 11) is 0.